The first-order chi connectivity index (χ1) is 13.2. The number of nitrogens with one attached hydrogen (secondary N) is 1. The van der Waals surface area contributed by atoms with E-state index >= 15 is 0 Å². The Bertz CT molecular complexity index is 1110. The van der Waals surface area contributed by atoms with Crippen LogP contribution in [0.2, 0.25) is 5.02 Å². The number of nitrogens with two attached hydrogens (primary N) is 1. The van der Waals surface area contributed by atoms with Gasteiger partial charge in [0, 0.05) is 35.7 Å². The van der Waals surface area contributed by atoms with Gasteiger partial charge < -0.3 is 9.84 Å². The van der Waals surface area contributed by atoms with Gasteiger partial charge in [-0.15, -0.1) is 0 Å². The van der Waals surface area contributed by atoms with E-state index in [1.165, 1.54) is 12.1 Å². The molecule has 0 saturated carbocycles. The van der Waals surface area contributed by atoms with Crippen molar-refractivity contribution in [2.24, 2.45) is 5.14 Å². The number of nitrogens with zero attached hydrogens (tertiary/aromatic N) is 3. The molecule has 28 heavy (non-hydrogen) atoms. The molecule has 1 aromatic heterocycles. The first-order valence-electron chi connectivity index (χ1n) is 7.87. The molecule has 0 unspecified atom stereocenters. The molecular formula is C16H14ClN5O5S. The molecule has 0 saturated heterocycles. The number of aromatic nitrogens is 2. The summed E-state index contributed by atoms with van der Waals surface area (Å²) in [4.78, 5) is 14.0. The SMILES string of the molecule is NS(=O)(=O)c1cc([N+](=O)[O-])ccc1NCCc1nc(-c2ccc(Cl)cc2)no1. The summed E-state index contributed by atoms with van der Waals surface area (Å²) in [5, 5.41) is 23.3. The van der Waals surface area contributed by atoms with E-state index in [2.05, 4.69) is 15.5 Å². The van der Waals surface area contributed by atoms with E-state index in [1.807, 2.05) is 0 Å². The van der Waals surface area contributed by atoms with E-state index in [1.54, 1.807) is 24.3 Å². The second-order valence-corrected chi connectivity index (χ2v) is 7.64. The average Bonchev–Trinajstić information content (AvgIpc) is 3.10. The standard InChI is InChI=1S/C16H14ClN5O5S/c17-11-3-1-10(2-4-11)16-20-15(27-21-16)7-8-19-13-6-5-12(22(23)24)9-14(13)28(18,25)26/h1-6,9,19H,7-8H2,(H2,18,25,26). The fourth-order valence-electron chi connectivity index (χ4n) is 2.38. The van der Waals surface area contributed by atoms with E-state index in [4.69, 9.17) is 21.3 Å². The monoisotopic (exact) mass is 423 g/mol. The maximum absolute atomic E-state index is 11.7. The number of non-ortho nitro benzene ring substituents is 1. The van der Waals surface area contributed by atoms with Crippen LogP contribution in [-0.2, 0) is 16.4 Å². The van der Waals surface area contributed by atoms with Crippen molar-refractivity contribution < 1.29 is 17.9 Å². The fourth-order valence-corrected chi connectivity index (χ4v) is 3.24. The molecule has 10 nitrogen and oxygen atoms in total. The Morgan fingerprint density at radius 3 is 2.57 bits per heavy atom. The summed E-state index contributed by atoms with van der Waals surface area (Å²) in [6, 6.07) is 10.3. The lowest BCUT2D eigenvalue weighted by Crippen LogP contribution is -2.16. The zero-order chi connectivity index (χ0) is 20.3. The lowest BCUT2D eigenvalue weighted by Gasteiger charge is -2.09. The molecule has 3 rings (SSSR count). The maximum Gasteiger partial charge on any atom is 0.270 e. The van der Waals surface area contributed by atoms with E-state index in [-0.39, 0.29) is 22.8 Å². The van der Waals surface area contributed by atoms with Crippen molar-refractivity contribution in [2.75, 3.05) is 11.9 Å². The summed E-state index contributed by atoms with van der Waals surface area (Å²) in [7, 11) is -4.15. The lowest BCUT2D eigenvalue weighted by molar-refractivity contribution is -0.385. The summed E-state index contributed by atoms with van der Waals surface area (Å²) in [6.07, 6.45) is 0.293. The number of hydrogen-bond donors (Lipinski definition) is 2. The third-order valence-electron chi connectivity index (χ3n) is 3.71. The molecule has 2 aromatic carbocycles. The van der Waals surface area contributed by atoms with Gasteiger partial charge in [0.1, 0.15) is 4.90 Å². The van der Waals surface area contributed by atoms with E-state index in [0.29, 0.717) is 23.2 Å². The molecule has 0 amide bonds. The lowest BCUT2D eigenvalue weighted by atomic mass is 10.2. The van der Waals surface area contributed by atoms with Crippen LogP contribution in [0.5, 0.6) is 0 Å². The van der Waals surface area contributed by atoms with Crippen molar-refractivity contribution in [3.05, 3.63) is 63.5 Å². The van der Waals surface area contributed by atoms with Crippen molar-refractivity contribution in [1.29, 1.82) is 0 Å². The van der Waals surface area contributed by atoms with Crippen LogP contribution in [0.1, 0.15) is 5.89 Å². The molecule has 0 bridgehead atoms. The molecule has 0 atom stereocenters. The number of nitro benzene ring substituents is 1. The van der Waals surface area contributed by atoms with Gasteiger partial charge in [0.2, 0.25) is 21.7 Å². The summed E-state index contributed by atoms with van der Waals surface area (Å²) >= 11 is 5.84. The van der Waals surface area contributed by atoms with Gasteiger partial charge in [-0.05, 0) is 30.3 Å². The third kappa shape index (κ3) is 4.63. The van der Waals surface area contributed by atoms with Crippen molar-refractivity contribution in [2.45, 2.75) is 11.3 Å². The minimum Gasteiger partial charge on any atom is -0.383 e. The van der Waals surface area contributed by atoms with Gasteiger partial charge in [-0.3, -0.25) is 10.1 Å². The van der Waals surface area contributed by atoms with Gasteiger partial charge in [0.15, 0.2) is 0 Å². The largest absolute Gasteiger partial charge is 0.383 e. The highest BCUT2D eigenvalue weighted by molar-refractivity contribution is 7.89. The van der Waals surface area contributed by atoms with Crippen molar-refractivity contribution in [1.82, 2.24) is 10.1 Å². The first kappa shape index (κ1) is 19.7. The number of nitro groups is 1. The smallest absolute Gasteiger partial charge is 0.270 e. The fraction of sp³-hybridized carbons (Fsp3) is 0.125. The highest BCUT2D eigenvalue weighted by Gasteiger charge is 2.19. The van der Waals surface area contributed by atoms with Crippen LogP contribution in [0.4, 0.5) is 11.4 Å². The normalized spacial score (nSPS) is 11.4. The van der Waals surface area contributed by atoms with Crippen LogP contribution in [0.25, 0.3) is 11.4 Å². The first-order valence-corrected chi connectivity index (χ1v) is 9.80. The van der Waals surface area contributed by atoms with Crippen LogP contribution in [-0.4, -0.2) is 30.0 Å². The number of benzene rings is 2. The average molecular weight is 424 g/mol. The highest BCUT2D eigenvalue weighted by Crippen LogP contribution is 2.25. The number of halogens is 1. The van der Waals surface area contributed by atoms with Crippen LogP contribution in [0.15, 0.2) is 51.9 Å². The number of sulfonamides is 1. The molecule has 0 spiro atoms. The molecule has 3 N–H and O–H groups in total. The van der Waals surface area contributed by atoms with Crippen molar-refractivity contribution >= 4 is 33.0 Å². The Hall–Kier alpha value is -3.02. The minimum absolute atomic E-state index is 0.144. The Balaban J connectivity index is 1.70. The Labute approximate surface area is 164 Å². The minimum atomic E-state index is -4.15. The third-order valence-corrected chi connectivity index (χ3v) is 4.91. The van der Waals surface area contributed by atoms with Gasteiger partial charge >= 0.3 is 0 Å². The number of rotatable bonds is 7. The molecule has 0 aliphatic carbocycles. The highest BCUT2D eigenvalue weighted by atomic mass is 35.5. The van der Waals surface area contributed by atoms with Crippen LogP contribution in [0, 0.1) is 10.1 Å². The summed E-state index contributed by atoms with van der Waals surface area (Å²) < 4.78 is 28.6. The molecule has 0 aliphatic rings. The van der Waals surface area contributed by atoms with Crippen LogP contribution in [0.3, 0.4) is 0 Å². The molecule has 0 radical (unpaired) electrons. The molecule has 146 valence electrons. The predicted octanol–water partition coefficient (Wildman–Crippen LogP) is 2.60. The molecular weight excluding hydrogens is 410 g/mol. The van der Waals surface area contributed by atoms with Crippen LogP contribution < -0.4 is 10.5 Å². The Morgan fingerprint density at radius 1 is 1.21 bits per heavy atom. The van der Waals surface area contributed by atoms with Gasteiger partial charge in [0.25, 0.3) is 5.69 Å². The van der Waals surface area contributed by atoms with Gasteiger partial charge in [0.05, 0.1) is 10.6 Å². The molecule has 0 aliphatic heterocycles. The van der Waals surface area contributed by atoms with E-state index < -0.39 is 14.9 Å². The van der Waals surface area contributed by atoms with Gasteiger partial charge in [-0.25, -0.2) is 13.6 Å². The quantitative estimate of drug-likeness (QED) is 0.434. The van der Waals surface area contributed by atoms with E-state index in [9.17, 15) is 18.5 Å². The maximum atomic E-state index is 11.7. The summed E-state index contributed by atoms with van der Waals surface area (Å²) in [6.45, 7) is 0.239. The number of primary sulfonamides is 1. The Morgan fingerprint density at radius 2 is 1.93 bits per heavy atom. The van der Waals surface area contributed by atoms with Crippen molar-refractivity contribution in [3.8, 4) is 11.4 Å². The summed E-state index contributed by atoms with van der Waals surface area (Å²) in [5.74, 6) is 0.726. The topological polar surface area (TPSA) is 154 Å². The van der Waals surface area contributed by atoms with Crippen molar-refractivity contribution in [3.63, 3.8) is 0 Å². The molecule has 3 aromatic rings. The number of hydrogen-bond acceptors (Lipinski definition) is 8. The molecule has 0 fully saturated rings. The molecule has 1 heterocycles. The second kappa shape index (κ2) is 7.92. The van der Waals surface area contributed by atoms with Crippen LogP contribution >= 0.6 is 11.6 Å². The summed E-state index contributed by atoms with van der Waals surface area (Å²) in [5.41, 5.74) is 0.504. The second-order valence-electron chi connectivity index (χ2n) is 5.68. The number of anilines is 1. The molecule has 12 heteroatoms. The zero-order valence-electron chi connectivity index (χ0n) is 14.2. The van der Waals surface area contributed by atoms with Gasteiger partial charge in [-0.2, -0.15) is 4.98 Å². The van der Waals surface area contributed by atoms with Gasteiger partial charge in [-0.1, -0.05) is 16.8 Å². The van der Waals surface area contributed by atoms with E-state index in [0.717, 1.165) is 11.6 Å². The Kier molecular flexibility index (Phi) is 5.58. The predicted molar refractivity (Wildman–Crippen MR) is 101 cm³/mol. The zero-order valence-corrected chi connectivity index (χ0v) is 15.8.